The van der Waals surface area contributed by atoms with Gasteiger partial charge in [-0.25, -0.2) is 0 Å². The molecule has 0 saturated carbocycles. The molecule has 132 valence electrons. The number of rotatable bonds is 12. The normalized spacial score (nSPS) is 11.0. The van der Waals surface area contributed by atoms with Crippen molar-refractivity contribution in [1.29, 1.82) is 0 Å². The molecule has 0 fully saturated rings. The lowest BCUT2D eigenvalue weighted by molar-refractivity contribution is 0.230. The molecule has 0 atom stereocenters. The van der Waals surface area contributed by atoms with E-state index in [1.165, 1.54) is 44.1 Å². The van der Waals surface area contributed by atoms with Gasteiger partial charge in [-0.1, -0.05) is 55.0 Å². The minimum Gasteiger partial charge on any atom is -0.493 e. The summed E-state index contributed by atoms with van der Waals surface area (Å²) in [5.74, 6) is 1.58. The highest BCUT2D eigenvalue weighted by Gasteiger charge is 2.11. The average molecular weight is 386 g/mol. The Morgan fingerprint density at radius 3 is 2.39 bits per heavy atom. The lowest BCUT2D eigenvalue weighted by atomic mass is 10.1. The molecule has 3 nitrogen and oxygen atoms in total. The number of methoxy groups -OCH3 is 1. The standard InChI is InChI=1S/C19H32BrNO2/c1-5-6-7-8-9-10-11-21-14-16-12-18(22-4)19(13-17(16)20)23-15(2)3/h12-13,15,21H,5-11,14H2,1-4H3. The number of ether oxygens (including phenoxy) is 2. The van der Waals surface area contributed by atoms with E-state index < -0.39 is 0 Å². The molecule has 0 amide bonds. The predicted molar refractivity (Wildman–Crippen MR) is 102 cm³/mol. The van der Waals surface area contributed by atoms with Gasteiger partial charge in [-0.05, 0) is 44.5 Å². The van der Waals surface area contributed by atoms with Crippen LogP contribution in [0.1, 0.15) is 64.9 Å². The summed E-state index contributed by atoms with van der Waals surface area (Å²) in [6, 6.07) is 4.05. The molecule has 0 spiro atoms. The Labute approximate surface area is 150 Å². The van der Waals surface area contributed by atoms with Crippen LogP contribution >= 0.6 is 15.9 Å². The molecule has 1 aromatic carbocycles. The number of halogens is 1. The van der Waals surface area contributed by atoms with E-state index in [1.54, 1.807) is 7.11 Å². The summed E-state index contributed by atoms with van der Waals surface area (Å²) in [5, 5.41) is 3.52. The molecule has 1 N–H and O–H groups in total. The van der Waals surface area contributed by atoms with Gasteiger partial charge in [0.05, 0.1) is 13.2 Å². The third-order valence-corrected chi connectivity index (χ3v) is 4.46. The monoisotopic (exact) mass is 385 g/mol. The van der Waals surface area contributed by atoms with Gasteiger partial charge in [0, 0.05) is 11.0 Å². The zero-order valence-electron chi connectivity index (χ0n) is 15.1. The first-order valence-corrected chi connectivity index (χ1v) is 9.61. The number of hydrogen-bond donors (Lipinski definition) is 1. The maximum absolute atomic E-state index is 5.79. The van der Waals surface area contributed by atoms with Gasteiger partial charge in [0.1, 0.15) is 0 Å². The largest absolute Gasteiger partial charge is 0.493 e. The molecule has 0 aliphatic heterocycles. The van der Waals surface area contributed by atoms with Crippen LogP contribution in [-0.4, -0.2) is 19.8 Å². The number of hydrogen-bond acceptors (Lipinski definition) is 3. The minimum absolute atomic E-state index is 0.132. The Hall–Kier alpha value is -0.740. The van der Waals surface area contributed by atoms with Gasteiger partial charge < -0.3 is 14.8 Å². The predicted octanol–water partition coefficient (Wildman–Crippen LogP) is 5.70. The lowest BCUT2D eigenvalue weighted by Crippen LogP contribution is -2.15. The van der Waals surface area contributed by atoms with Crippen LogP contribution in [0, 0.1) is 0 Å². The molecule has 0 bridgehead atoms. The van der Waals surface area contributed by atoms with Crippen molar-refractivity contribution in [1.82, 2.24) is 5.32 Å². The molecule has 4 heteroatoms. The van der Waals surface area contributed by atoms with Crippen molar-refractivity contribution in [2.75, 3.05) is 13.7 Å². The van der Waals surface area contributed by atoms with Gasteiger partial charge in [0.25, 0.3) is 0 Å². The van der Waals surface area contributed by atoms with Crippen LogP contribution in [0.5, 0.6) is 11.5 Å². The summed E-state index contributed by atoms with van der Waals surface area (Å²) >= 11 is 3.64. The summed E-state index contributed by atoms with van der Waals surface area (Å²) < 4.78 is 12.3. The van der Waals surface area contributed by atoms with Crippen molar-refractivity contribution in [3.05, 3.63) is 22.2 Å². The van der Waals surface area contributed by atoms with Gasteiger partial charge in [-0.2, -0.15) is 0 Å². The van der Waals surface area contributed by atoms with Crippen molar-refractivity contribution >= 4 is 15.9 Å². The molecule has 0 unspecified atom stereocenters. The van der Waals surface area contributed by atoms with Crippen molar-refractivity contribution < 1.29 is 9.47 Å². The fourth-order valence-corrected chi connectivity index (χ4v) is 2.93. The molecule has 0 radical (unpaired) electrons. The van der Waals surface area contributed by atoms with E-state index in [4.69, 9.17) is 9.47 Å². The van der Waals surface area contributed by atoms with Crippen LogP contribution in [0.4, 0.5) is 0 Å². The molecule has 1 aromatic rings. The summed E-state index contributed by atoms with van der Waals surface area (Å²) in [6.07, 6.45) is 8.10. The summed E-state index contributed by atoms with van der Waals surface area (Å²) in [5.41, 5.74) is 1.20. The zero-order chi connectivity index (χ0) is 17.1. The van der Waals surface area contributed by atoms with Crippen LogP contribution in [0.15, 0.2) is 16.6 Å². The van der Waals surface area contributed by atoms with E-state index in [-0.39, 0.29) is 6.10 Å². The van der Waals surface area contributed by atoms with Crippen molar-refractivity contribution in [2.45, 2.75) is 71.9 Å². The summed E-state index contributed by atoms with van der Waals surface area (Å²) in [7, 11) is 1.68. The first kappa shape index (κ1) is 20.3. The second-order valence-corrected chi connectivity index (χ2v) is 7.06. The van der Waals surface area contributed by atoms with E-state index >= 15 is 0 Å². The number of nitrogens with one attached hydrogen (secondary N) is 1. The van der Waals surface area contributed by atoms with E-state index in [0.717, 1.165) is 29.1 Å². The fraction of sp³-hybridized carbons (Fsp3) is 0.684. The van der Waals surface area contributed by atoms with Crippen molar-refractivity contribution in [2.24, 2.45) is 0 Å². The molecule has 0 heterocycles. The Kier molecular flexibility index (Phi) is 10.4. The number of unbranched alkanes of at least 4 members (excludes halogenated alkanes) is 5. The van der Waals surface area contributed by atoms with Crippen molar-refractivity contribution in [3.8, 4) is 11.5 Å². The maximum Gasteiger partial charge on any atom is 0.162 e. The van der Waals surface area contributed by atoms with Crippen LogP contribution < -0.4 is 14.8 Å². The summed E-state index contributed by atoms with van der Waals surface area (Å²) in [6.45, 7) is 8.19. The van der Waals surface area contributed by atoms with Crippen LogP contribution in [0.2, 0.25) is 0 Å². The number of benzene rings is 1. The van der Waals surface area contributed by atoms with Gasteiger partial charge in [-0.3, -0.25) is 0 Å². The second-order valence-electron chi connectivity index (χ2n) is 6.21. The zero-order valence-corrected chi connectivity index (χ0v) is 16.7. The minimum atomic E-state index is 0.132. The third-order valence-electron chi connectivity index (χ3n) is 3.72. The fourth-order valence-electron chi connectivity index (χ4n) is 2.47. The molecule has 0 aliphatic rings. The average Bonchev–Trinajstić information content (AvgIpc) is 2.51. The van der Waals surface area contributed by atoms with Gasteiger partial charge >= 0.3 is 0 Å². The molecule has 1 rings (SSSR count). The van der Waals surface area contributed by atoms with E-state index in [1.807, 2.05) is 19.9 Å². The highest BCUT2D eigenvalue weighted by molar-refractivity contribution is 9.10. The van der Waals surface area contributed by atoms with Gasteiger partial charge in [-0.15, -0.1) is 0 Å². The smallest absolute Gasteiger partial charge is 0.162 e. The molecular formula is C19H32BrNO2. The quantitative estimate of drug-likeness (QED) is 0.468. The highest BCUT2D eigenvalue weighted by atomic mass is 79.9. The lowest BCUT2D eigenvalue weighted by Gasteiger charge is -2.16. The van der Waals surface area contributed by atoms with Gasteiger partial charge in [0.15, 0.2) is 11.5 Å². The highest BCUT2D eigenvalue weighted by Crippen LogP contribution is 2.34. The molecule has 23 heavy (non-hydrogen) atoms. The first-order chi connectivity index (χ1) is 11.1. The first-order valence-electron chi connectivity index (χ1n) is 8.82. The second kappa shape index (κ2) is 11.7. The maximum atomic E-state index is 5.79. The Bertz CT molecular complexity index is 449. The Morgan fingerprint density at radius 1 is 1.04 bits per heavy atom. The third kappa shape index (κ3) is 8.07. The molecule has 0 saturated heterocycles. The van der Waals surface area contributed by atoms with Crippen molar-refractivity contribution in [3.63, 3.8) is 0 Å². The molecule has 0 aliphatic carbocycles. The van der Waals surface area contributed by atoms with E-state index in [9.17, 15) is 0 Å². The van der Waals surface area contributed by atoms with Gasteiger partial charge in [0.2, 0.25) is 0 Å². The van der Waals surface area contributed by atoms with E-state index in [2.05, 4.69) is 34.2 Å². The van der Waals surface area contributed by atoms with E-state index in [0.29, 0.717) is 0 Å². The van der Waals surface area contributed by atoms with Crippen LogP contribution in [0.3, 0.4) is 0 Å². The Balaban J connectivity index is 2.41. The SMILES string of the molecule is CCCCCCCCNCc1cc(OC)c(OC(C)C)cc1Br. The summed E-state index contributed by atoms with van der Waals surface area (Å²) in [4.78, 5) is 0. The topological polar surface area (TPSA) is 30.5 Å². The molecule has 0 aromatic heterocycles. The molecular weight excluding hydrogens is 354 g/mol. The van der Waals surface area contributed by atoms with Crippen LogP contribution in [0.25, 0.3) is 0 Å². The van der Waals surface area contributed by atoms with Crippen LogP contribution in [-0.2, 0) is 6.54 Å². The Morgan fingerprint density at radius 2 is 1.74 bits per heavy atom.